The average Bonchev–Trinajstić information content (AvgIpc) is 3.02. The van der Waals surface area contributed by atoms with E-state index in [0.29, 0.717) is 10.8 Å². The van der Waals surface area contributed by atoms with Gasteiger partial charge in [0.1, 0.15) is 5.75 Å². The minimum atomic E-state index is -0.193. The van der Waals surface area contributed by atoms with E-state index in [9.17, 15) is 4.79 Å². The Morgan fingerprint density at radius 2 is 2.18 bits per heavy atom. The molecular weight excluding hydrogens is 296 g/mol. The molecule has 1 aromatic heterocycles. The maximum absolute atomic E-state index is 11.8. The van der Waals surface area contributed by atoms with Crippen LogP contribution >= 0.6 is 11.3 Å². The molecule has 0 saturated carbocycles. The number of ether oxygens (including phenoxy) is 1. The Balaban J connectivity index is 2.17. The fourth-order valence-corrected chi connectivity index (χ4v) is 2.72. The standard InChI is InChI=1S/C17H20N2O2S/c1-11(2)14-9-13(12(3)8-15(14)21-4)10-18-19-17(20)16-6-5-7-22-16/h5-11H,1-4H3,(H,19,20). The molecule has 2 rings (SSSR count). The van der Waals surface area contributed by atoms with Gasteiger partial charge in [-0.15, -0.1) is 11.3 Å². The van der Waals surface area contributed by atoms with Crippen molar-refractivity contribution in [1.29, 1.82) is 0 Å². The van der Waals surface area contributed by atoms with E-state index in [0.717, 1.165) is 22.4 Å². The van der Waals surface area contributed by atoms with Crippen molar-refractivity contribution in [1.82, 2.24) is 5.43 Å². The van der Waals surface area contributed by atoms with Crippen LogP contribution in [0.2, 0.25) is 0 Å². The van der Waals surface area contributed by atoms with Gasteiger partial charge in [0.15, 0.2) is 0 Å². The minimum Gasteiger partial charge on any atom is -0.496 e. The average molecular weight is 316 g/mol. The van der Waals surface area contributed by atoms with Crippen LogP contribution in [-0.4, -0.2) is 19.2 Å². The molecule has 0 spiro atoms. The highest BCUT2D eigenvalue weighted by molar-refractivity contribution is 7.12. The fourth-order valence-electron chi connectivity index (χ4n) is 2.11. The van der Waals surface area contributed by atoms with Crippen molar-refractivity contribution in [3.8, 4) is 5.75 Å². The van der Waals surface area contributed by atoms with Crippen molar-refractivity contribution in [2.75, 3.05) is 7.11 Å². The lowest BCUT2D eigenvalue weighted by Crippen LogP contribution is -2.16. The molecule has 116 valence electrons. The van der Waals surface area contributed by atoms with Crippen LogP contribution in [0, 0.1) is 6.92 Å². The number of hydrazone groups is 1. The third-order valence-electron chi connectivity index (χ3n) is 3.36. The molecule has 0 atom stereocenters. The lowest BCUT2D eigenvalue weighted by molar-refractivity contribution is 0.0959. The monoisotopic (exact) mass is 316 g/mol. The Morgan fingerprint density at radius 1 is 1.41 bits per heavy atom. The first-order valence-electron chi connectivity index (χ1n) is 7.08. The molecule has 0 unspecified atom stereocenters. The van der Waals surface area contributed by atoms with Gasteiger partial charge in [-0.3, -0.25) is 4.79 Å². The van der Waals surface area contributed by atoms with E-state index < -0.39 is 0 Å². The highest BCUT2D eigenvalue weighted by Gasteiger charge is 2.10. The first-order chi connectivity index (χ1) is 10.5. The fraction of sp³-hybridized carbons (Fsp3) is 0.294. The summed E-state index contributed by atoms with van der Waals surface area (Å²) in [5, 5.41) is 5.92. The van der Waals surface area contributed by atoms with Gasteiger partial charge in [-0.2, -0.15) is 5.10 Å². The number of hydrogen-bond acceptors (Lipinski definition) is 4. The van der Waals surface area contributed by atoms with Gasteiger partial charge in [0.2, 0.25) is 0 Å². The molecule has 0 aliphatic rings. The predicted molar refractivity (Wildman–Crippen MR) is 91.2 cm³/mol. The van der Waals surface area contributed by atoms with Gasteiger partial charge in [-0.25, -0.2) is 5.43 Å². The second-order valence-electron chi connectivity index (χ2n) is 5.28. The molecule has 1 heterocycles. The molecule has 5 heteroatoms. The van der Waals surface area contributed by atoms with Crippen LogP contribution in [0.4, 0.5) is 0 Å². The zero-order valence-electron chi connectivity index (χ0n) is 13.2. The summed E-state index contributed by atoms with van der Waals surface area (Å²) < 4.78 is 5.42. The van der Waals surface area contributed by atoms with Gasteiger partial charge in [-0.05, 0) is 53.1 Å². The van der Waals surface area contributed by atoms with Crippen LogP contribution in [0.3, 0.4) is 0 Å². The number of methoxy groups -OCH3 is 1. The van der Waals surface area contributed by atoms with E-state index >= 15 is 0 Å². The smallest absolute Gasteiger partial charge is 0.281 e. The van der Waals surface area contributed by atoms with Gasteiger partial charge in [0, 0.05) is 0 Å². The van der Waals surface area contributed by atoms with E-state index in [-0.39, 0.29) is 5.91 Å². The molecule has 0 aliphatic carbocycles. The Hall–Kier alpha value is -2.14. The molecule has 4 nitrogen and oxygen atoms in total. The van der Waals surface area contributed by atoms with Crippen LogP contribution in [0.5, 0.6) is 5.75 Å². The van der Waals surface area contributed by atoms with E-state index in [1.165, 1.54) is 11.3 Å². The van der Waals surface area contributed by atoms with E-state index in [1.54, 1.807) is 19.4 Å². The Kier molecular flexibility index (Phi) is 5.33. The van der Waals surface area contributed by atoms with Crippen LogP contribution < -0.4 is 10.2 Å². The van der Waals surface area contributed by atoms with Crippen LogP contribution in [0.25, 0.3) is 0 Å². The zero-order valence-corrected chi connectivity index (χ0v) is 14.0. The number of carbonyl (C=O) groups is 1. The number of carbonyl (C=O) groups excluding carboxylic acids is 1. The zero-order chi connectivity index (χ0) is 16.1. The largest absolute Gasteiger partial charge is 0.496 e. The summed E-state index contributed by atoms with van der Waals surface area (Å²) in [7, 11) is 1.68. The summed E-state index contributed by atoms with van der Waals surface area (Å²) in [4.78, 5) is 12.5. The van der Waals surface area contributed by atoms with Crippen molar-refractivity contribution >= 4 is 23.5 Å². The third kappa shape index (κ3) is 3.74. The molecule has 22 heavy (non-hydrogen) atoms. The normalized spacial score (nSPS) is 11.1. The highest BCUT2D eigenvalue weighted by atomic mass is 32.1. The highest BCUT2D eigenvalue weighted by Crippen LogP contribution is 2.28. The molecule has 0 bridgehead atoms. The Morgan fingerprint density at radius 3 is 2.77 bits per heavy atom. The summed E-state index contributed by atoms with van der Waals surface area (Å²) in [5.41, 5.74) is 5.69. The van der Waals surface area contributed by atoms with Crippen molar-refractivity contribution in [2.45, 2.75) is 26.7 Å². The molecule has 1 aromatic carbocycles. The van der Waals surface area contributed by atoms with E-state index in [1.807, 2.05) is 24.4 Å². The number of aryl methyl sites for hydroxylation is 1. The first-order valence-corrected chi connectivity index (χ1v) is 7.96. The van der Waals surface area contributed by atoms with Gasteiger partial charge in [-0.1, -0.05) is 19.9 Å². The predicted octanol–water partition coefficient (Wildman–Crippen LogP) is 3.95. The number of nitrogens with zero attached hydrogens (tertiary/aromatic N) is 1. The van der Waals surface area contributed by atoms with E-state index in [2.05, 4.69) is 30.4 Å². The number of benzene rings is 1. The summed E-state index contributed by atoms with van der Waals surface area (Å²) in [6.45, 7) is 6.23. The Bertz CT molecular complexity index is 676. The maximum atomic E-state index is 11.8. The lowest BCUT2D eigenvalue weighted by Gasteiger charge is -2.14. The maximum Gasteiger partial charge on any atom is 0.281 e. The topological polar surface area (TPSA) is 50.7 Å². The first kappa shape index (κ1) is 16.2. The quantitative estimate of drug-likeness (QED) is 0.670. The van der Waals surface area contributed by atoms with E-state index in [4.69, 9.17) is 4.74 Å². The summed E-state index contributed by atoms with van der Waals surface area (Å²) in [6, 6.07) is 7.66. The Labute approximate surface area is 134 Å². The van der Waals surface area contributed by atoms with Crippen molar-refractivity contribution in [2.24, 2.45) is 5.10 Å². The van der Waals surface area contributed by atoms with Crippen LogP contribution in [0.1, 0.15) is 46.1 Å². The number of amides is 1. The third-order valence-corrected chi connectivity index (χ3v) is 4.22. The van der Waals surface area contributed by atoms with Crippen molar-refractivity contribution < 1.29 is 9.53 Å². The summed E-state index contributed by atoms with van der Waals surface area (Å²) >= 11 is 1.39. The molecule has 0 aliphatic heterocycles. The molecule has 1 N–H and O–H groups in total. The molecular formula is C17H20N2O2S. The van der Waals surface area contributed by atoms with Crippen molar-refractivity contribution in [3.05, 3.63) is 51.2 Å². The summed E-state index contributed by atoms with van der Waals surface area (Å²) in [6.07, 6.45) is 1.67. The molecule has 2 aromatic rings. The SMILES string of the molecule is COc1cc(C)c(C=NNC(=O)c2cccs2)cc1C(C)C. The van der Waals surface area contributed by atoms with Gasteiger partial charge in [0.05, 0.1) is 18.2 Å². The number of thiophene rings is 1. The second-order valence-corrected chi connectivity index (χ2v) is 6.23. The molecule has 1 amide bonds. The molecule has 0 radical (unpaired) electrons. The number of hydrogen-bond donors (Lipinski definition) is 1. The number of rotatable bonds is 5. The number of nitrogens with one attached hydrogen (secondary N) is 1. The second kappa shape index (κ2) is 7.22. The molecule has 0 fully saturated rings. The summed E-state index contributed by atoms with van der Waals surface area (Å²) in [5.74, 6) is 1.04. The van der Waals surface area contributed by atoms with Crippen molar-refractivity contribution in [3.63, 3.8) is 0 Å². The van der Waals surface area contributed by atoms with Gasteiger partial charge in [0.25, 0.3) is 5.91 Å². The lowest BCUT2D eigenvalue weighted by atomic mass is 9.97. The van der Waals surface area contributed by atoms with Gasteiger partial charge < -0.3 is 4.74 Å². The van der Waals surface area contributed by atoms with Crippen LogP contribution in [-0.2, 0) is 0 Å². The van der Waals surface area contributed by atoms with Crippen LogP contribution in [0.15, 0.2) is 34.7 Å². The minimum absolute atomic E-state index is 0.193. The van der Waals surface area contributed by atoms with Gasteiger partial charge >= 0.3 is 0 Å². The molecule has 0 saturated heterocycles.